The minimum Gasteiger partial charge on any atom is -0.493 e. The fourth-order valence-electron chi connectivity index (χ4n) is 3.23. The number of benzene rings is 2. The first-order chi connectivity index (χ1) is 15.1. The first kappa shape index (κ1) is 20.5. The number of carbonyl (C=O) groups excluding carboxylic acids is 1. The number of nitrogens with zero attached hydrogens (tertiary/aromatic N) is 1. The number of hydrogen-bond donors (Lipinski definition) is 2. The van der Waals surface area contributed by atoms with E-state index in [2.05, 4.69) is 15.6 Å². The molecule has 0 atom stereocenters. The second kappa shape index (κ2) is 8.57. The Hall–Kier alpha value is -3.72. The van der Waals surface area contributed by atoms with E-state index >= 15 is 0 Å². The van der Waals surface area contributed by atoms with Gasteiger partial charge in [0.25, 0.3) is 11.9 Å². The van der Waals surface area contributed by atoms with E-state index < -0.39 is 0 Å². The molecule has 0 aliphatic heterocycles. The van der Waals surface area contributed by atoms with E-state index in [4.69, 9.17) is 18.6 Å². The number of hydrogen-bond acceptors (Lipinski definition) is 8. The number of thiophene rings is 1. The highest BCUT2D eigenvalue weighted by atomic mass is 32.1. The van der Waals surface area contributed by atoms with E-state index in [0.29, 0.717) is 44.9 Å². The van der Waals surface area contributed by atoms with Gasteiger partial charge in [-0.15, -0.1) is 11.3 Å². The summed E-state index contributed by atoms with van der Waals surface area (Å²) in [4.78, 5) is 17.1. The largest absolute Gasteiger partial charge is 0.493 e. The molecule has 0 unspecified atom stereocenters. The Morgan fingerprint density at radius 3 is 2.45 bits per heavy atom. The molecular formula is C22H21N3O5S. The Labute approximate surface area is 182 Å². The second-order valence-electron chi connectivity index (χ2n) is 6.49. The number of anilines is 2. The van der Waals surface area contributed by atoms with Gasteiger partial charge in [-0.05, 0) is 23.1 Å². The molecule has 0 saturated heterocycles. The molecule has 0 spiro atoms. The molecule has 4 aromatic rings. The SMILES string of the molecule is CNC(=O)c1cc(-c2cccc3nc(Nc4cc(OC)c(OC)c(OC)c4)oc23)cs1. The highest BCUT2D eigenvalue weighted by molar-refractivity contribution is 7.12. The van der Waals surface area contributed by atoms with Crippen molar-refractivity contribution in [3.8, 4) is 28.4 Å². The number of nitrogens with one attached hydrogen (secondary N) is 2. The van der Waals surface area contributed by atoms with Crippen LogP contribution in [0, 0.1) is 0 Å². The summed E-state index contributed by atoms with van der Waals surface area (Å²) in [6.45, 7) is 0. The fraction of sp³-hybridized carbons (Fsp3) is 0.182. The van der Waals surface area contributed by atoms with Crippen molar-refractivity contribution >= 4 is 40.0 Å². The third-order valence-electron chi connectivity index (χ3n) is 4.69. The molecule has 8 nitrogen and oxygen atoms in total. The fourth-order valence-corrected chi connectivity index (χ4v) is 4.08. The van der Waals surface area contributed by atoms with Gasteiger partial charge in [0.15, 0.2) is 17.1 Å². The first-order valence-corrected chi connectivity index (χ1v) is 10.2. The molecule has 160 valence electrons. The number of ether oxygens (including phenoxy) is 3. The van der Waals surface area contributed by atoms with E-state index in [1.807, 2.05) is 29.6 Å². The van der Waals surface area contributed by atoms with E-state index in [1.165, 1.54) is 11.3 Å². The van der Waals surface area contributed by atoms with Crippen molar-refractivity contribution < 1.29 is 23.4 Å². The number of carbonyl (C=O) groups is 1. The Bertz CT molecular complexity index is 1220. The summed E-state index contributed by atoms with van der Waals surface area (Å²) in [7, 11) is 6.28. The standard InChI is InChI=1S/C22H21N3O5S/c1-23-21(26)18-8-12(11-31-18)14-6-5-7-15-19(14)30-22(25-15)24-13-9-16(27-2)20(29-4)17(10-13)28-3/h5-11H,1-4H3,(H,23,26)(H,24,25). The third kappa shape index (κ3) is 3.87. The predicted octanol–water partition coefficient (Wildman–Crippen LogP) is 4.69. The van der Waals surface area contributed by atoms with Gasteiger partial charge in [0.2, 0.25) is 5.75 Å². The zero-order chi connectivity index (χ0) is 22.0. The van der Waals surface area contributed by atoms with Crippen LogP contribution in [0.4, 0.5) is 11.7 Å². The first-order valence-electron chi connectivity index (χ1n) is 9.35. The summed E-state index contributed by atoms with van der Waals surface area (Å²) in [5, 5.41) is 7.71. The van der Waals surface area contributed by atoms with E-state index in [-0.39, 0.29) is 5.91 Å². The van der Waals surface area contributed by atoms with Gasteiger partial charge in [-0.3, -0.25) is 4.79 Å². The zero-order valence-corrected chi connectivity index (χ0v) is 18.3. The van der Waals surface area contributed by atoms with E-state index in [0.717, 1.165) is 11.1 Å². The molecule has 4 rings (SSSR count). The van der Waals surface area contributed by atoms with Crippen molar-refractivity contribution in [2.24, 2.45) is 0 Å². The lowest BCUT2D eigenvalue weighted by atomic mass is 10.1. The summed E-state index contributed by atoms with van der Waals surface area (Å²) in [5.74, 6) is 1.41. The van der Waals surface area contributed by atoms with Crippen LogP contribution in [-0.2, 0) is 0 Å². The lowest BCUT2D eigenvalue weighted by molar-refractivity contribution is 0.0967. The van der Waals surface area contributed by atoms with E-state index in [9.17, 15) is 4.79 Å². The topological polar surface area (TPSA) is 94.9 Å². The maximum Gasteiger partial charge on any atom is 0.300 e. The van der Waals surface area contributed by atoms with Gasteiger partial charge in [0.05, 0.1) is 26.2 Å². The van der Waals surface area contributed by atoms with Gasteiger partial charge in [-0.2, -0.15) is 4.98 Å². The average Bonchev–Trinajstić information content (AvgIpc) is 3.44. The number of rotatable bonds is 7. The van der Waals surface area contributed by atoms with Gasteiger partial charge in [-0.25, -0.2) is 0 Å². The molecule has 0 aliphatic carbocycles. The molecule has 9 heteroatoms. The molecule has 31 heavy (non-hydrogen) atoms. The van der Waals surface area contributed by atoms with Gasteiger partial charge >= 0.3 is 0 Å². The number of aromatic nitrogens is 1. The summed E-state index contributed by atoms with van der Waals surface area (Å²) < 4.78 is 22.2. The van der Waals surface area contributed by atoms with Crippen molar-refractivity contribution in [3.05, 3.63) is 46.7 Å². The van der Waals surface area contributed by atoms with Crippen molar-refractivity contribution in [2.45, 2.75) is 0 Å². The molecule has 2 N–H and O–H groups in total. The number of amides is 1. The Morgan fingerprint density at radius 1 is 1.06 bits per heavy atom. The van der Waals surface area contributed by atoms with Crippen molar-refractivity contribution in [1.82, 2.24) is 10.3 Å². The quantitative estimate of drug-likeness (QED) is 0.431. The minimum absolute atomic E-state index is 0.120. The van der Waals surface area contributed by atoms with Gasteiger partial charge in [0.1, 0.15) is 5.52 Å². The number of para-hydroxylation sites is 1. The van der Waals surface area contributed by atoms with Crippen LogP contribution in [0.1, 0.15) is 9.67 Å². The number of oxazole rings is 1. The predicted molar refractivity (Wildman–Crippen MR) is 120 cm³/mol. The highest BCUT2D eigenvalue weighted by Crippen LogP contribution is 2.41. The third-order valence-corrected chi connectivity index (χ3v) is 5.62. The minimum atomic E-state index is -0.120. The smallest absolute Gasteiger partial charge is 0.300 e. The van der Waals surface area contributed by atoms with Crippen LogP contribution in [0.3, 0.4) is 0 Å². The molecule has 1 amide bonds. The van der Waals surface area contributed by atoms with Crippen LogP contribution >= 0.6 is 11.3 Å². The van der Waals surface area contributed by atoms with Gasteiger partial charge in [-0.1, -0.05) is 12.1 Å². The molecule has 0 radical (unpaired) electrons. The van der Waals surface area contributed by atoms with Crippen LogP contribution in [0.15, 0.2) is 46.2 Å². The summed E-state index contributed by atoms with van der Waals surface area (Å²) in [6.07, 6.45) is 0. The van der Waals surface area contributed by atoms with Gasteiger partial charge in [0, 0.05) is 30.4 Å². The molecule has 0 bridgehead atoms. The van der Waals surface area contributed by atoms with Crippen LogP contribution < -0.4 is 24.8 Å². The monoisotopic (exact) mass is 439 g/mol. The molecule has 0 saturated carbocycles. The maximum absolute atomic E-state index is 11.9. The Balaban J connectivity index is 1.70. The van der Waals surface area contributed by atoms with Crippen LogP contribution in [0.25, 0.3) is 22.2 Å². The number of methoxy groups -OCH3 is 3. The normalized spacial score (nSPS) is 10.7. The lowest BCUT2D eigenvalue weighted by Crippen LogP contribution is -2.15. The summed E-state index contributed by atoms with van der Waals surface area (Å²) in [6, 6.07) is 11.4. The molecule has 2 heterocycles. The van der Waals surface area contributed by atoms with Crippen molar-refractivity contribution in [2.75, 3.05) is 33.7 Å². The van der Waals surface area contributed by atoms with Crippen molar-refractivity contribution in [3.63, 3.8) is 0 Å². The number of fused-ring (bicyclic) bond motifs is 1. The molecular weight excluding hydrogens is 418 g/mol. The Morgan fingerprint density at radius 2 is 1.81 bits per heavy atom. The van der Waals surface area contributed by atoms with Crippen LogP contribution in [0.5, 0.6) is 17.2 Å². The maximum atomic E-state index is 11.9. The molecule has 2 aromatic carbocycles. The Kier molecular flexibility index (Phi) is 5.68. The summed E-state index contributed by atoms with van der Waals surface area (Å²) in [5.41, 5.74) is 3.73. The van der Waals surface area contributed by atoms with E-state index in [1.54, 1.807) is 40.5 Å². The zero-order valence-electron chi connectivity index (χ0n) is 17.4. The van der Waals surface area contributed by atoms with Gasteiger partial charge < -0.3 is 29.3 Å². The van der Waals surface area contributed by atoms with Crippen LogP contribution in [-0.4, -0.2) is 39.3 Å². The van der Waals surface area contributed by atoms with Crippen molar-refractivity contribution in [1.29, 1.82) is 0 Å². The highest BCUT2D eigenvalue weighted by Gasteiger charge is 2.17. The molecule has 2 aromatic heterocycles. The lowest BCUT2D eigenvalue weighted by Gasteiger charge is -2.14. The average molecular weight is 439 g/mol. The second-order valence-corrected chi connectivity index (χ2v) is 7.40. The molecule has 0 aliphatic rings. The summed E-state index contributed by atoms with van der Waals surface area (Å²) >= 11 is 1.38. The molecule has 0 fully saturated rings. The van der Waals surface area contributed by atoms with Crippen LogP contribution in [0.2, 0.25) is 0 Å².